The van der Waals surface area contributed by atoms with Crippen molar-refractivity contribution in [2.45, 2.75) is 4.90 Å². The maximum atomic E-state index is 11.9. The summed E-state index contributed by atoms with van der Waals surface area (Å²) in [6.07, 6.45) is 0. The van der Waals surface area contributed by atoms with Gasteiger partial charge in [0.15, 0.2) is 0 Å². The molecule has 0 saturated heterocycles. The van der Waals surface area contributed by atoms with Crippen molar-refractivity contribution < 1.29 is 17.5 Å². The molecular formula is C8H6Br2ClFO3S. The van der Waals surface area contributed by atoms with E-state index < -0.39 is 15.7 Å². The minimum atomic E-state index is -3.80. The van der Waals surface area contributed by atoms with Crippen LogP contribution >= 0.6 is 42.5 Å². The second kappa shape index (κ2) is 5.66. The maximum absolute atomic E-state index is 11.9. The maximum Gasteiger partial charge on any atom is 0.261 e. The molecule has 16 heavy (non-hydrogen) atoms. The van der Waals surface area contributed by atoms with E-state index in [1.807, 2.05) is 0 Å². The highest BCUT2D eigenvalue weighted by atomic mass is 79.9. The van der Waals surface area contributed by atoms with Crippen molar-refractivity contribution >= 4 is 51.6 Å². The predicted molar refractivity (Wildman–Crippen MR) is 66.4 cm³/mol. The van der Waals surface area contributed by atoms with Crippen molar-refractivity contribution in [2.75, 3.05) is 13.3 Å². The average molecular weight is 396 g/mol. The fourth-order valence-corrected chi connectivity index (χ4v) is 3.46. The van der Waals surface area contributed by atoms with Crippen LogP contribution in [0.2, 0.25) is 0 Å². The van der Waals surface area contributed by atoms with E-state index in [-0.39, 0.29) is 11.5 Å². The molecule has 0 radical (unpaired) electrons. The largest absolute Gasteiger partial charge is 0.488 e. The van der Waals surface area contributed by atoms with Gasteiger partial charge in [-0.25, -0.2) is 12.8 Å². The highest BCUT2D eigenvalue weighted by molar-refractivity contribution is 9.11. The van der Waals surface area contributed by atoms with Gasteiger partial charge in [0.05, 0.1) is 13.8 Å². The van der Waals surface area contributed by atoms with Gasteiger partial charge >= 0.3 is 0 Å². The molecule has 0 heterocycles. The number of benzene rings is 1. The van der Waals surface area contributed by atoms with E-state index in [0.29, 0.717) is 14.7 Å². The summed E-state index contributed by atoms with van der Waals surface area (Å²) < 4.78 is 40.0. The summed E-state index contributed by atoms with van der Waals surface area (Å²) in [7, 11) is 1.39. The van der Waals surface area contributed by atoms with Crippen LogP contribution in [0.1, 0.15) is 0 Å². The highest BCUT2D eigenvalue weighted by Gasteiger charge is 2.16. The van der Waals surface area contributed by atoms with Crippen molar-refractivity contribution in [3.63, 3.8) is 0 Å². The number of hydrogen-bond donors (Lipinski definition) is 0. The summed E-state index contributed by atoms with van der Waals surface area (Å²) in [4.78, 5) is -0.0690. The molecule has 3 nitrogen and oxygen atoms in total. The number of rotatable bonds is 4. The number of ether oxygens (including phenoxy) is 1. The van der Waals surface area contributed by atoms with Crippen molar-refractivity contribution in [3.05, 3.63) is 21.1 Å². The molecule has 0 aromatic heterocycles. The first kappa shape index (κ1) is 14.2. The van der Waals surface area contributed by atoms with Crippen LogP contribution in [-0.4, -0.2) is 21.7 Å². The van der Waals surface area contributed by atoms with E-state index in [1.54, 1.807) is 0 Å². The zero-order valence-electron chi connectivity index (χ0n) is 7.71. The van der Waals surface area contributed by atoms with Gasteiger partial charge in [-0.3, -0.25) is 0 Å². The van der Waals surface area contributed by atoms with Gasteiger partial charge in [-0.15, -0.1) is 0 Å². The quantitative estimate of drug-likeness (QED) is 0.732. The standard InChI is InChI=1S/C8H6Br2ClFO3S/c9-6-3-5(16(11,13)14)4-7(10)8(6)15-2-1-12/h3-4H,1-2H2. The predicted octanol–water partition coefficient (Wildman–Crippen LogP) is 3.49. The zero-order valence-corrected chi connectivity index (χ0v) is 12.5. The molecule has 8 heteroatoms. The molecule has 0 bridgehead atoms. The van der Waals surface area contributed by atoms with Crippen molar-refractivity contribution in [3.8, 4) is 5.75 Å². The Balaban J connectivity index is 3.18. The Morgan fingerprint density at radius 3 is 2.19 bits per heavy atom. The Labute approximate surface area is 114 Å². The first-order valence-electron chi connectivity index (χ1n) is 3.98. The molecule has 1 aromatic rings. The van der Waals surface area contributed by atoms with E-state index in [4.69, 9.17) is 15.4 Å². The van der Waals surface area contributed by atoms with Gasteiger partial charge in [0.25, 0.3) is 9.05 Å². The average Bonchev–Trinajstić information content (AvgIpc) is 2.15. The summed E-state index contributed by atoms with van der Waals surface area (Å²) in [5.41, 5.74) is 0. The normalized spacial score (nSPS) is 11.5. The van der Waals surface area contributed by atoms with Gasteiger partial charge in [-0.1, -0.05) is 0 Å². The second-order valence-corrected chi connectivity index (χ2v) is 6.97. The van der Waals surface area contributed by atoms with Crippen LogP contribution in [-0.2, 0) is 9.05 Å². The molecule has 0 N–H and O–H groups in total. The van der Waals surface area contributed by atoms with Crippen LogP contribution in [0.5, 0.6) is 5.75 Å². The fourth-order valence-electron chi connectivity index (χ4n) is 0.956. The molecule has 0 atom stereocenters. The van der Waals surface area contributed by atoms with Crippen molar-refractivity contribution in [1.29, 1.82) is 0 Å². The van der Waals surface area contributed by atoms with E-state index in [2.05, 4.69) is 31.9 Å². The van der Waals surface area contributed by atoms with E-state index in [9.17, 15) is 12.8 Å². The van der Waals surface area contributed by atoms with E-state index in [1.165, 1.54) is 12.1 Å². The molecule has 0 aliphatic heterocycles. The van der Waals surface area contributed by atoms with Crippen LogP contribution < -0.4 is 4.74 Å². The first-order chi connectivity index (χ1) is 7.36. The minimum Gasteiger partial charge on any atom is -0.488 e. The van der Waals surface area contributed by atoms with Crippen LogP contribution in [0.25, 0.3) is 0 Å². The lowest BCUT2D eigenvalue weighted by atomic mass is 10.3. The van der Waals surface area contributed by atoms with Gasteiger partial charge in [-0.2, -0.15) is 0 Å². The smallest absolute Gasteiger partial charge is 0.261 e. The molecule has 0 fully saturated rings. The molecule has 1 aromatic carbocycles. The third-order valence-electron chi connectivity index (χ3n) is 1.58. The van der Waals surface area contributed by atoms with Crippen LogP contribution in [0.4, 0.5) is 4.39 Å². The van der Waals surface area contributed by atoms with Crippen LogP contribution in [0, 0.1) is 0 Å². The van der Waals surface area contributed by atoms with Crippen molar-refractivity contribution in [1.82, 2.24) is 0 Å². The monoisotopic (exact) mass is 394 g/mol. The van der Waals surface area contributed by atoms with Gasteiger partial charge in [-0.05, 0) is 44.0 Å². The number of halogens is 4. The molecule has 0 amide bonds. The van der Waals surface area contributed by atoms with Gasteiger partial charge in [0.2, 0.25) is 0 Å². The number of alkyl halides is 1. The van der Waals surface area contributed by atoms with Crippen molar-refractivity contribution in [2.24, 2.45) is 0 Å². The fraction of sp³-hybridized carbons (Fsp3) is 0.250. The lowest BCUT2D eigenvalue weighted by Gasteiger charge is -2.09. The Bertz CT molecular complexity index is 469. The first-order valence-corrected chi connectivity index (χ1v) is 7.88. The minimum absolute atomic E-state index is 0.0690. The number of hydrogen-bond acceptors (Lipinski definition) is 3. The second-order valence-electron chi connectivity index (χ2n) is 2.69. The Morgan fingerprint density at radius 1 is 1.31 bits per heavy atom. The Morgan fingerprint density at radius 2 is 1.81 bits per heavy atom. The molecule has 0 unspecified atom stereocenters. The summed E-state index contributed by atoms with van der Waals surface area (Å²) in [6.45, 7) is -0.737. The molecule has 90 valence electrons. The lowest BCUT2D eigenvalue weighted by Crippen LogP contribution is -2.01. The Hall–Kier alpha value is 0.150. The molecule has 0 aliphatic rings. The zero-order chi connectivity index (χ0) is 12.3. The van der Waals surface area contributed by atoms with Gasteiger partial charge in [0.1, 0.15) is 19.0 Å². The van der Waals surface area contributed by atoms with Gasteiger partial charge < -0.3 is 4.74 Å². The lowest BCUT2D eigenvalue weighted by molar-refractivity contribution is 0.270. The topological polar surface area (TPSA) is 43.4 Å². The van der Waals surface area contributed by atoms with Gasteiger partial charge in [0, 0.05) is 10.7 Å². The van der Waals surface area contributed by atoms with E-state index >= 15 is 0 Å². The summed E-state index contributed by atoms with van der Waals surface area (Å²) in [6, 6.07) is 2.58. The SMILES string of the molecule is O=S(=O)(Cl)c1cc(Br)c(OCCF)c(Br)c1. The summed E-state index contributed by atoms with van der Waals surface area (Å²) >= 11 is 6.24. The third kappa shape index (κ3) is 3.58. The molecule has 0 aliphatic carbocycles. The molecule has 0 spiro atoms. The molecule has 1 rings (SSSR count). The van der Waals surface area contributed by atoms with Crippen LogP contribution in [0.15, 0.2) is 26.0 Å². The molecular weight excluding hydrogens is 390 g/mol. The van der Waals surface area contributed by atoms with E-state index in [0.717, 1.165) is 0 Å². The highest BCUT2D eigenvalue weighted by Crippen LogP contribution is 2.36. The summed E-state index contributed by atoms with van der Waals surface area (Å²) in [5.74, 6) is 0.335. The van der Waals surface area contributed by atoms with Crippen LogP contribution in [0.3, 0.4) is 0 Å². The molecule has 0 saturated carbocycles. The summed E-state index contributed by atoms with van der Waals surface area (Å²) in [5, 5.41) is 0. The third-order valence-corrected chi connectivity index (χ3v) is 4.09. The Kier molecular flexibility index (Phi) is 5.03.